The average molecular weight is 429 g/mol. The largest absolute Gasteiger partial charge is 0.380 e. The van der Waals surface area contributed by atoms with Crippen LogP contribution in [0.15, 0.2) is 29.1 Å². The summed E-state index contributed by atoms with van der Waals surface area (Å²) in [5.41, 5.74) is 6.48. The van der Waals surface area contributed by atoms with Crippen LogP contribution in [0.25, 0.3) is 10.1 Å². The third kappa shape index (κ3) is 3.50. The van der Waals surface area contributed by atoms with Gasteiger partial charge >= 0.3 is 0 Å². The Bertz CT molecular complexity index is 1220. The lowest BCUT2D eigenvalue weighted by Crippen LogP contribution is -2.34. The summed E-state index contributed by atoms with van der Waals surface area (Å²) in [6.07, 6.45) is 2.04. The van der Waals surface area contributed by atoms with Crippen LogP contribution < -0.4 is 16.6 Å². The van der Waals surface area contributed by atoms with Crippen LogP contribution >= 0.6 is 11.3 Å². The second kappa shape index (κ2) is 8.00. The molecule has 2 amide bonds. The molecule has 1 aromatic carbocycles. The van der Waals surface area contributed by atoms with E-state index in [2.05, 4.69) is 10.3 Å². The summed E-state index contributed by atoms with van der Waals surface area (Å²) in [6, 6.07) is 5.78. The number of rotatable bonds is 5. The van der Waals surface area contributed by atoms with Crippen molar-refractivity contribution >= 4 is 33.2 Å². The molecule has 2 heterocycles. The molecule has 156 valence electrons. The van der Waals surface area contributed by atoms with Crippen LogP contribution in [0, 0.1) is 5.82 Å². The number of H-pyrrole nitrogens is 1. The molecule has 0 spiro atoms. The van der Waals surface area contributed by atoms with Gasteiger partial charge in [-0.25, -0.2) is 4.39 Å². The van der Waals surface area contributed by atoms with Gasteiger partial charge in [-0.3, -0.25) is 14.4 Å². The predicted octanol–water partition coefficient (Wildman–Crippen LogP) is 2.78. The van der Waals surface area contributed by atoms with Crippen LogP contribution in [-0.2, 0) is 17.8 Å². The number of pyridine rings is 1. The van der Waals surface area contributed by atoms with Crippen molar-refractivity contribution in [3.63, 3.8) is 0 Å². The third-order valence-electron chi connectivity index (χ3n) is 5.28. The zero-order chi connectivity index (χ0) is 21.4. The average Bonchev–Trinajstić information content (AvgIpc) is 3.07. The number of methoxy groups -OCH3 is 1. The van der Waals surface area contributed by atoms with Gasteiger partial charge in [0.05, 0.1) is 17.5 Å². The van der Waals surface area contributed by atoms with Gasteiger partial charge in [0.25, 0.3) is 17.4 Å². The maximum atomic E-state index is 14.4. The lowest BCUT2D eigenvalue weighted by molar-refractivity contribution is 0.0932. The smallest absolute Gasteiger partial charge is 0.262 e. The van der Waals surface area contributed by atoms with Crippen molar-refractivity contribution < 1.29 is 18.7 Å². The molecule has 0 bridgehead atoms. The molecule has 1 aliphatic rings. The number of nitrogens with one attached hydrogen (secondary N) is 2. The Balaban J connectivity index is 1.72. The van der Waals surface area contributed by atoms with Gasteiger partial charge in [-0.1, -0.05) is 6.07 Å². The number of nitrogens with two attached hydrogens (primary N) is 1. The Labute approximate surface area is 175 Å². The van der Waals surface area contributed by atoms with Gasteiger partial charge in [-0.05, 0) is 43.0 Å². The summed E-state index contributed by atoms with van der Waals surface area (Å²) >= 11 is 1.20. The first-order chi connectivity index (χ1) is 14.4. The highest BCUT2D eigenvalue weighted by Gasteiger charge is 2.27. The SMILES string of the molecule is COCc1c(C(=O)NC2CCCc3[nH]c(=O)c(C(N)=O)cc32)sc2cccc(F)c12. The monoisotopic (exact) mass is 429 g/mol. The van der Waals surface area contributed by atoms with Crippen molar-refractivity contribution in [2.75, 3.05) is 7.11 Å². The molecule has 1 aliphatic carbocycles. The lowest BCUT2D eigenvalue weighted by atomic mass is 9.90. The molecule has 30 heavy (non-hydrogen) atoms. The minimum atomic E-state index is -0.822. The van der Waals surface area contributed by atoms with Gasteiger partial charge in [0, 0.05) is 28.5 Å². The van der Waals surface area contributed by atoms with Crippen molar-refractivity contribution in [2.45, 2.75) is 31.9 Å². The van der Waals surface area contributed by atoms with E-state index in [4.69, 9.17) is 10.5 Å². The normalized spacial score (nSPS) is 15.7. The van der Waals surface area contributed by atoms with Gasteiger partial charge in [0.1, 0.15) is 11.4 Å². The summed E-state index contributed by atoms with van der Waals surface area (Å²) in [4.78, 5) is 39.8. The Morgan fingerprint density at radius 1 is 1.40 bits per heavy atom. The fraction of sp³-hybridized carbons (Fsp3) is 0.286. The second-order valence-corrected chi connectivity index (χ2v) is 8.24. The van der Waals surface area contributed by atoms with Gasteiger partial charge in [-0.15, -0.1) is 11.3 Å². The van der Waals surface area contributed by atoms with Gasteiger partial charge < -0.3 is 20.8 Å². The number of aryl methyl sites for hydroxylation is 1. The van der Waals surface area contributed by atoms with Gasteiger partial charge in [0.15, 0.2) is 0 Å². The topological polar surface area (TPSA) is 114 Å². The number of halogens is 1. The summed E-state index contributed by atoms with van der Waals surface area (Å²) in [7, 11) is 1.49. The number of primary amides is 1. The number of benzene rings is 1. The summed E-state index contributed by atoms with van der Waals surface area (Å²) in [6.45, 7) is 0.101. The van der Waals surface area contributed by atoms with Crippen LogP contribution in [0.5, 0.6) is 0 Å². The quantitative estimate of drug-likeness (QED) is 0.579. The second-order valence-electron chi connectivity index (χ2n) is 7.18. The predicted molar refractivity (Wildman–Crippen MR) is 111 cm³/mol. The standard InChI is InChI=1S/C21H20FN3O4S/c1-29-9-12-17-13(22)4-2-7-16(17)30-18(12)21(28)25-15-6-3-5-14-10(15)8-11(19(23)26)20(27)24-14/h2,4,7-8,15H,3,5-6,9H2,1H3,(H2,23,26)(H,24,27)(H,25,28). The highest BCUT2D eigenvalue weighted by Crippen LogP contribution is 2.35. The molecule has 0 saturated carbocycles. The molecule has 0 fully saturated rings. The molecule has 0 saturated heterocycles. The molecular weight excluding hydrogens is 409 g/mol. The summed E-state index contributed by atoms with van der Waals surface area (Å²) in [5, 5.41) is 3.36. The number of carbonyl (C=O) groups excluding carboxylic acids is 2. The third-order valence-corrected chi connectivity index (χ3v) is 6.48. The van der Waals surface area contributed by atoms with Crippen LogP contribution in [0.4, 0.5) is 4.39 Å². The zero-order valence-corrected chi connectivity index (χ0v) is 17.0. The molecule has 9 heteroatoms. The van der Waals surface area contributed by atoms with Crippen LogP contribution in [-0.4, -0.2) is 23.9 Å². The van der Waals surface area contributed by atoms with E-state index in [0.29, 0.717) is 44.6 Å². The number of hydrogen-bond donors (Lipinski definition) is 3. The van der Waals surface area contributed by atoms with Crippen molar-refractivity contribution in [2.24, 2.45) is 5.73 Å². The van der Waals surface area contributed by atoms with E-state index in [-0.39, 0.29) is 18.1 Å². The number of aromatic nitrogens is 1. The van der Waals surface area contributed by atoms with Crippen molar-refractivity contribution in [1.82, 2.24) is 10.3 Å². The first-order valence-electron chi connectivity index (χ1n) is 9.46. The fourth-order valence-electron chi connectivity index (χ4n) is 3.93. The zero-order valence-electron chi connectivity index (χ0n) is 16.2. The molecule has 0 aliphatic heterocycles. The minimum absolute atomic E-state index is 0.101. The van der Waals surface area contributed by atoms with Crippen LogP contribution in [0.1, 0.15) is 55.7 Å². The van der Waals surface area contributed by atoms with E-state index in [1.165, 1.54) is 30.6 Å². The van der Waals surface area contributed by atoms with E-state index in [0.717, 1.165) is 6.42 Å². The first kappa shape index (κ1) is 20.2. The minimum Gasteiger partial charge on any atom is -0.380 e. The van der Waals surface area contributed by atoms with E-state index in [1.54, 1.807) is 12.1 Å². The van der Waals surface area contributed by atoms with E-state index >= 15 is 0 Å². The van der Waals surface area contributed by atoms with Crippen LogP contribution in [0.2, 0.25) is 0 Å². The molecule has 1 unspecified atom stereocenters. The molecule has 2 aromatic heterocycles. The Morgan fingerprint density at radius 2 is 2.20 bits per heavy atom. The molecule has 4 rings (SSSR count). The number of amides is 2. The molecular formula is C21H20FN3O4S. The van der Waals surface area contributed by atoms with E-state index in [9.17, 15) is 18.8 Å². The Morgan fingerprint density at radius 3 is 2.93 bits per heavy atom. The number of fused-ring (bicyclic) bond motifs is 2. The van der Waals surface area contributed by atoms with E-state index < -0.39 is 23.3 Å². The lowest BCUT2D eigenvalue weighted by Gasteiger charge is -2.26. The van der Waals surface area contributed by atoms with Crippen molar-refractivity contribution in [3.05, 3.63) is 67.7 Å². The van der Waals surface area contributed by atoms with Crippen LogP contribution in [0.3, 0.4) is 0 Å². The van der Waals surface area contributed by atoms with E-state index in [1.807, 2.05) is 0 Å². The summed E-state index contributed by atoms with van der Waals surface area (Å²) < 4.78 is 20.3. The fourth-order valence-corrected chi connectivity index (χ4v) is 5.06. The summed E-state index contributed by atoms with van der Waals surface area (Å²) in [5.74, 6) is -1.58. The highest BCUT2D eigenvalue weighted by molar-refractivity contribution is 7.21. The number of thiophene rings is 1. The van der Waals surface area contributed by atoms with Gasteiger partial charge in [0.2, 0.25) is 0 Å². The molecule has 7 nitrogen and oxygen atoms in total. The van der Waals surface area contributed by atoms with Crippen molar-refractivity contribution in [3.8, 4) is 0 Å². The number of carbonyl (C=O) groups is 2. The Hall–Kier alpha value is -3.04. The molecule has 3 aromatic rings. The maximum absolute atomic E-state index is 14.4. The number of ether oxygens (including phenoxy) is 1. The molecule has 0 radical (unpaired) electrons. The number of hydrogen-bond acceptors (Lipinski definition) is 5. The first-order valence-corrected chi connectivity index (χ1v) is 10.3. The molecule has 1 atom stereocenters. The maximum Gasteiger partial charge on any atom is 0.262 e. The van der Waals surface area contributed by atoms with Crippen molar-refractivity contribution in [1.29, 1.82) is 0 Å². The number of aromatic amines is 1. The Kier molecular flexibility index (Phi) is 5.40. The van der Waals surface area contributed by atoms with Gasteiger partial charge in [-0.2, -0.15) is 0 Å². The molecule has 4 N–H and O–H groups in total. The highest BCUT2D eigenvalue weighted by atomic mass is 32.1.